The van der Waals surface area contributed by atoms with Crippen LogP contribution < -0.4 is 5.32 Å². The largest absolute Gasteiger partial charge is 0.478 e. The number of pyridine rings is 1. The third-order valence-electron chi connectivity index (χ3n) is 3.59. The van der Waals surface area contributed by atoms with E-state index < -0.39 is 5.97 Å². The number of nitrogens with zero attached hydrogens (tertiary/aromatic N) is 1. The van der Waals surface area contributed by atoms with Crippen molar-refractivity contribution in [2.45, 2.75) is 18.9 Å². The van der Waals surface area contributed by atoms with Crippen LogP contribution in [0.2, 0.25) is 0 Å². The van der Waals surface area contributed by atoms with Crippen molar-refractivity contribution in [2.24, 2.45) is 0 Å². The molecule has 20 heavy (non-hydrogen) atoms. The molecule has 2 N–H and O–H groups in total. The van der Waals surface area contributed by atoms with Gasteiger partial charge < -0.3 is 15.2 Å². The number of rotatable bonds is 3. The van der Waals surface area contributed by atoms with Crippen LogP contribution in [0.25, 0.3) is 10.9 Å². The first-order chi connectivity index (χ1) is 9.57. The molecule has 2 aromatic rings. The molecule has 1 saturated heterocycles. The highest BCUT2D eigenvalue weighted by molar-refractivity contribution is 5.98. The van der Waals surface area contributed by atoms with Crippen LogP contribution in [0.1, 0.15) is 23.7 Å². The third-order valence-corrected chi connectivity index (χ3v) is 3.59. The van der Waals surface area contributed by atoms with Crippen LogP contribution in [0.5, 0.6) is 0 Å². The van der Waals surface area contributed by atoms with Crippen molar-refractivity contribution < 1.29 is 14.6 Å². The number of ether oxygens (including phenoxy) is 1. The van der Waals surface area contributed by atoms with Crippen molar-refractivity contribution in [3.05, 3.63) is 35.9 Å². The van der Waals surface area contributed by atoms with Gasteiger partial charge in [-0.15, -0.1) is 0 Å². The number of hydrogen-bond acceptors (Lipinski definition) is 4. The number of fused-ring (bicyclic) bond motifs is 1. The van der Waals surface area contributed by atoms with Crippen molar-refractivity contribution in [1.82, 2.24) is 4.98 Å². The first-order valence-corrected chi connectivity index (χ1v) is 6.56. The minimum absolute atomic E-state index is 0.192. The van der Waals surface area contributed by atoms with Crippen molar-refractivity contribution in [3.63, 3.8) is 0 Å². The Bertz CT molecular complexity index is 663. The average Bonchev–Trinajstić information content (AvgIpc) is 2.84. The van der Waals surface area contributed by atoms with Gasteiger partial charge in [-0.05, 0) is 25.5 Å². The number of carboxylic acid groups (broad SMARTS) is 1. The van der Waals surface area contributed by atoms with Crippen molar-refractivity contribution >= 4 is 22.7 Å². The zero-order chi connectivity index (χ0) is 14.2. The molecule has 1 aliphatic heterocycles. The summed E-state index contributed by atoms with van der Waals surface area (Å²) in [4.78, 5) is 15.9. The Morgan fingerprint density at radius 2 is 2.25 bits per heavy atom. The van der Waals surface area contributed by atoms with Gasteiger partial charge in [0.15, 0.2) is 0 Å². The van der Waals surface area contributed by atoms with E-state index in [-0.39, 0.29) is 11.1 Å². The fourth-order valence-corrected chi connectivity index (χ4v) is 2.43. The van der Waals surface area contributed by atoms with Gasteiger partial charge in [0.05, 0.1) is 17.7 Å². The maximum Gasteiger partial charge on any atom is 0.339 e. The van der Waals surface area contributed by atoms with Gasteiger partial charge in [0.25, 0.3) is 0 Å². The molecule has 0 radical (unpaired) electrons. The molecule has 0 bridgehead atoms. The molecule has 3 rings (SSSR count). The molecule has 1 fully saturated rings. The standard InChI is InChI=1S/C15H16N2O3/c1-15(6-7-20-9-15)17-13-11(14(18)19)8-10-4-2-3-5-12(10)16-13/h2-5,8H,6-7,9H2,1H3,(H,16,17)(H,18,19). The highest BCUT2D eigenvalue weighted by Crippen LogP contribution is 2.27. The number of hydrogen-bond donors (Lipinski definition) is 2. The topological polar surface area (TPSA) is 71.5 Å². The Hall–Kier alpha value is -2.14. The molecule has 1 atom stereocenters. The van der Waals surface area contributed by atoms with E-state index in [1.165, 1.54) is 0 Å². The lowest BCUT2D eigenvalue weighted by Gasteiger charge is -2.25. The molecule has 0 amide bonds. The number of aromatic nitrogens is 1. The van der Waals surface area contributed by atoms with Gasteiger partial charge in [-0.1, -0.05) is 18.2 Å². The summed E-state index contributed by atoms with van der Waals surface area (Å²) in [6.45, 7) is 3.25. The van der Waals surface area contributed by atoms with Gasteiger partial charge in [0, 0.05) is 12.0 Å². The van der Waals surface area contributed by atoms with Crippen molar-refractivity contribution in [3.8, 4) is 0 Å². The van der Waals surface area contributed by atoms with Gasteiger partial charge >= 0.3 is 5.97 Å². The lowest BCUT2D eigenvalue weighted by molar-refractivity contribution is 0.0697. The van der Waals surface area contributed by atoms with Crippen molar-refractivity contribution in [2.75, 3.05) is 18.5 Å². The number of aromatic carboxylic acids is 1. The minimum Gasteiger partial charge on any atom is -0.478 e. The quantitative estimate of drug-likeness (QED) is 0.898. The minimum atomic E-state index is -0.978. The molecule has 1 aromatic carbocycles. The van der Waals surface area contributed by atoms with E-state index in [4.69, 9.17) is 4.74 Å². The maximum absolute atomic E-state index is 11.4. The van der Waals surface area contributed by atoms with Gasteiger partial charge in [-0.3, -0.25) is 0 Å². The summed E-state index contributed by atoms with van der Waals surface area (Å²) in [5, 5.41) is 13.4. The van der Waals surface area contributed by atoms with Crippen LogP contribution in [0, 0.1) is 0 Å². The van der Waals surface area contributed by atoms with Crippen LogP contribution in [-0.2, 0) is 4.74 Å². The van der Waals surface area contributed by atoms with E-state index in [0.29, 0.717) is 19.0 Å². The Balaban J connectivity index is 2.07. The molecular formula is C15H16N2O3. The summed E-state index contributed by atoms with van der Waals surface area (Å²) >= 11 is 0. The SMILES string of the molecule is CC1(Nc2nc3ccccc3cc2C(=O)O)CCOC1. The van der Waals surface area contributed by atoms with E-state index in [0.717, 1.165) is 17.3 Å². The third kappa shape index (κ3) is 2.32. The molecule has 1 aromatic heterocycles. The molecule has 0 aliphatic carbocycles. The van der Waals surface area contributed by atoms with Crippen LogP contribution in [0.4, 0.5) is 5.82 Å². The van der Waals surface area contributed by atoms with Crippen LogP contribution in [-0.4, -0.2) is 34.8 Å². The maximum atomic E-state index is 11.4. The van der Waals surface area contributed by atoms with E-state index in [9.17, 15) is 9.90 Å². The Kier molecular flexibility index (Phi) is 3.06. The second-order valence-electron chi connectivity index (χ2n) is 5.37. The summed E-state index contributed by atoms with van der Waals surface area (Å²) in [5.41, 5.74) is 0.707. The second kappa shape index (κ2) is 4.76. The zero-order valence-electron chi connectivity index (χ0n) is 11.2. The van der Waals surface area contributed by atoms with Gasteiger partial charge in [0.1, 0.15) is 11.4 Å². The van der Waals surface area contributed by atoms with Crippen LogP contribution in [0.3, 0.4) is 0 Å². The summed E-state index contributed by atoms with van der Waals surface area (Å²) in [7, 11) is 0. The van der Waals surface area contributed by atoms with Crippen LogP contribution >= 0.6 is 0 Å². The van der Waals surface area contributed by atoms with E-state index in [2.05, 4.69) is 10.3 Å². The number of nitrogens with one attached hydrogen (secondary N) is 1. The number of carboxylic acids is 1. The molecular weight excluding hydrogens is 256 g/mol. The summed E-state index contributed by atoms with van der Waals surface area (Å²) < 4.78 is 5.38. The van der Waals surface area contributed by atoms with Gasteiger partial charge in [-0.2, -0.15) is 0 Å². The zero-order valence-corrected chi connectivity index (χ0v) is 11.2. The Morgan fingerprint density at radius 1 is 1.45 bits per heavy atom. The Morgan fingerprint density at radius 3 is 2.95 bits per heavy atom. The summed E-state index contributed by atoms with van der Waals surface area (Å²) in [6, 6.07) is 9.15. The highest BCUT2D eigenvalue weighted by Gasteiger charge is 2.31. The summed E-state index contributed by atoms with van der Waals surface area (Å²) in [6.07, 6.45) is 0.834. The summed E-state index contributed by atoms with van der Waals surface area (Å²) in [5.74, 6) is -0.572. The number of anilines is 1. The van der Waals surface area contributed by atoms with E-state index in [1.54, 1.807) is 6.07 Å². The molecule has 5 heteroatoms. The normalized spacial score (nSPS) is 22.1. The smallest absolute Gasteiger partial charge is 0.339 e. The molecule has 0 spiro atoms. The second-order valence-corrected chi connectivity index (χ2v) is 5.37. The monoisotopic (exact) mass is 272 g/mol. The lowest BCUT2D eigenvalue weighted by Crippen LogP contribution is -2.36. The molecule has 5 nitrogen and oxygen atoms in total. The molecule has 2 heterocycles. The van der Waals surface area contributed by atoms with E-state index in [1.807, 2.05) is 31.2 Å². The number of para-hydroxylation sites is 1. The molecule has 0 saturated carbocycles. The first kappa shape index (κ1) is 12.9. The van der Waals surface area contributed by atoms with Crippen LogP contribution in [0.15, 0.2) is 30.3 Å². The first-order valence-electron chi connectivity index (χ1n) is 6.56. The highest BCUT2D eigenvalue weighted by atomic mass is 16.5. The fourth-order valence-electron chi connectivity index (χ4n) is 2.43. The Labute approximate surface area is 116 Å². The molecule has 104 valence electrons. The fraction of sp³-hybridized carbons (Fsp3) is 0.333. The molecule has 1 aliphatic rings. The van der Waals surface area contributed by atoms with E-state index >= 15 is 0 Å². The predicted molar refractivity (Wildman–Crippen MR) is 76.2 cm³/mol. The van der Waals surface area contributed by atoms with Gasteiger partial charge in [0.2, 0.25) is 0 Å². The number of carbonyl (C=O) groups is 1. The lowest BCUT2D eigenvalue weighted by atomic mass is 10.0. The van der Waals surface area contributed by atoms with Crippen molar-refractivity contribution in [1.29, 1.82) is 0 Å². The average molecular weight is 272 g/mol. The molecule has 1 unspecified atom stereocenters. The number of benzene rings is 1. The van der Waals surface area contributed by atoms with Gasteiger partial charge in [-0.25, -0.2) is 9.78 Å². The predicted octanol–water partition coefficient (Wildman–Crippen LogP) is 2.52.